The number of benzene rings is 1. The van der Waals surface area contributed by atoms with Crippen LogP contribution in [0, 0.1) is 0 Å². The van der Waals surface area contributed by atoms with Crippen molar-refractivity contribution in [2.24, 2.45) is 0 Å². The Bertz CT molecular complexity index is 1050. The highest BCUT2D eigenvalue weighted by Crippen LogP contribution is 2.30. The van der Waals surface area contributed by atoms with E-state index in [2.05, 4.69) is 10.6 Å². The number of piperidine rings is 1. The van der Waals surface area contributed by atoms with Gasteiger partial charge in [0.1, 0.15) is 12.1 Å². The minimum absolute atomic E-state index is 0.137. The van der Waals surface area contributed by atoms with Gasteiger partial charge in [0.15, 0.2) is 0 Å². The van der Waals surface area contributed by atoms with Gasteiger partial charge >= 0.3 is 6.09 Å². The predicted octanol–water partition coefficient (Wildman–Crippen LogP) is 2.33. The van der Waals surface area contributed by atoms with E-state index in [-0.39, 0.29) is 35.9 Å². The van der Waals surface area contributed by atoms with E-state index in [9.17, 15) is 24.0 Å². The number of amides is 5. The standard InChI is InChI=1S/C25H34N4O6/c1-24(2,3)29-21(32)17-8-7-15(13-18(17)22(29)33)20(31)27-16-9-11-28(12-10-16)19(30)14-26-23(34)35-25(4,5)6/h7-8,13,16H,9-12,14H2,1-6H3,(H,26,34)(H,27,31). The van der Waals surface area contributed by atoms with Crippen LogP contribution < -0.4 is 10.6 Å². The van der Waals surface area contributed by atoms with E-state index in [0.29, 0.717) is 37.1 Å². The highest BCUT2D eigenvalue weighted by Gasteiger charge is 2.42. The van der Waals surface area contributed by atoms with Gasteiger partial charge in [0.2, 0.25) is 5.91 Å². The maximum Gasteiger partial charge on any atom is 0.408 e. The number of nitrogens with one attached hydrogen (secondary N) is 2. The van der Waals surface area contributed by atoms with Crippen molar-refractivity contribution < 1.29 is 28.7 Å². The lowest BCUT2D eigenvalue weighted by atomic mass is 10.0. The van der Waals surface area contributed by atoms with Crippen LogP contribution in [0.1, 0.15) is 85.5 Å². The lowest BCUT2D eigenvalue weighted by Crippen LogP contribution is -2.49. The van der Waals surface area contributed by atoms with Crippen molar-refractivity contribution in [3.8, 4) is 0 Å². The second kappa shape index (κ2) is 9.67. The van der Waals surface area contributed by atoms with Crippen LogP contribution in [0.5, 0.6) is 0 Å². The molecule has 2 aliphatic rings. The molecule has 10 nitrogen and oxygen atoms in total. The number of ether oxygens (including phenoxy) is 1. The summed E-state index contributed by atoms with van der Waals surface area (Å²) >= 11 is 0. The first-order valence-corrected chi connectivity index (χ1v) is 11.8. The number of hydrogen-bond acceptors (Lipinski definition) is 6. The smallest absolute Gasteiger partial charge is 0.408 e. The molecular weight excluding hydrogens is 452 g/mol. The molecule has 0 radical (unpaired) electrons. The zero-order valence-electron chi connectivity index (χ0n) is 21.2. The molecule has 3 rings (SSSR count). The molecular formula is C25H34N4O6. The van der Waals surface area contributed by atoms with Crippen LogP contribution >= 0.6 is 0 Å². The molecule has 0 aromatic heterocycles. The molecule has 2 heterocycles. The van der Waals surface area contributed by atoms with Crippen LogP contribution in [0.25, 0.3) is 0 Å². The molecule has 5 amide bonds. The van der Waals surface area contributed by atoms with Crippen LogP contribution in [0.15, 0.2) is 18.2 Å². The van der Waals surface area contributed by atoms with E-state index in [1.165, 1.54) is 17.0 Å². The van der Waals surface area contributed by atoms with Crippen molar-refractivity contribution in [3.05, 3.63) is 34.9 Å². The molecule has 190 valence electrons. The number of nitrogens with zero attached hydrogens (tertiary/aromatic N) is 2. The fourth-order valence-corrected chi connectivity index (χ4v) is 4.11. The van der Waals surface area contributed by atoms with E-state index >= 15 is 0 Å². The first kappa shape index (κ1) is 26.2. The summed E-state index contributed by atoms with van der Waals surface area (Å²) in [7, 11) is 0. The number of carbonyl (C=O) groups is 5. The van der Waals surface area contributed by atoms with Crippen LogP contribution in [0.3, 0.4) is 0 Å². The Morgan fingerprint density at radius 1 is 0.971 bits per heavy atom. The van der Waals surface area contributed by atoms with Crippen LogP contribution in [0.4, 0.5) is 4.79 Å². The van der Waals surface area contributed by atoms with Gasteiger partial charge in [-0.2, -0.15) is 0 Å². The molecule has 1 fully saturated rings. The van der Waals surface area contributed by atoms with Gasteiger partial charge in [0, 0.05) is 30.2 Å². The molecule has 0 bridgehead atoms. The number of likely N-dealkylation sites (tertiary alicyclic amines) is 1. The lowest BCUT2D eigenvalue weighted by Gasteiger charge is -2.32. The maximum absolute atomic E-state index is 12.8. The molecule has 2 N–H and O–H groups in total. The highest BCUT2D eigenvalue weighted by atomic mass is 16.6. The molecule has 10 heteroatoms. The van der Waals surface area contributed by atoms with Crippen molar-refractivity contribution in [3.63, 3.8) is 0 Å². The van der Waals surface area contributed by atoms with E-state index in [1.807, 2.05) is 0 Å². The zero-order valence-corrected chi connectivity index (χ0v) is 21.2. The monoisotopic (exact) mass is 486 g/mol. The molecule has 1 aromatic carbocycles. The molecule has 1 aromatic rings. The van der Waals surface area contributed by atoms with Gasteiger partial charge in [-0.05, 0) is 72.6 Å². The van der Waals surface area contributed by atoms with Crippen molar-refractivity contribution in [2.75, 3.05) is 19.6 Å². The summed E-state index contributed by atoms with van der Waals surface area (Å²) in [5.41, 5.74) is -0.467. The number of fused-ring (bicyclic) bond motifs is 1. The van der Waals surface area contributed by atoms with Gasteiger partial charge in [-0.25, -0.2) is 4.79 Å². The summed E-state index contributed by atoms with van der Waals surface area (Å²) in [5, 5.41) is 5.42. The fourth-order valence-electron chi connectivity index (χ4n) is 4.11. The molecule has 0 spiro atoms. The molecule has 0 aliphatic carbocycles. The van der Waals surface area contributed by atoms with Crippen molar-refractivity contribution in [1.29, 1.82) is 0 Å². The summed E-state index contributed by atoms with van der Waals surface area (Å²) in [4.78, 5) is 65.2. The first-order valence-electron chi connectivity index (χ1n) is 11.8. The highest BCUT2D eigenvalue weighted by molar-refractivity contribution is 6.22. The average molecular weight is 487 g/mol. The van der Waals surface area contributed by atoms with E-state index in [4.69, 9.17) is 4.74 Å². The molecule has 1 saturated heterocycles. The lowest BCUT2D eigenvalue weighted by molar-refractivity contribution is -0.131. The van der Waals surface area contributed by atoms with Crippen LogP contribution in [-0.4, -0.2) is 76.3 Å². The number of hydrogen-bond donors (Lipinski definition) is 2. The van der Waals surface area contributed by atoms with E-state index < -0.39 is 23.1 Å². The normalized spacial score (nSPS) is 16.7. The molecule has 35 heavy (non-hydrogen) atoms. The number of carbonyl (C=O) groups excluding carboxylic acids is 5. The number of alkyl carbamates (subject to hydrolysis) is 1. The fraction of sp³-hybridized carbons (Fsp3) is 0.560. The number of imide groups is 1. The minimum Gasteiger partial charge on any atom is -0.444 e. The van der Waals surface area contributed by atoms with Gasteiger partial charge < -0.3 is 20.3 Å². The Balaban J connectivity index is 1.52. The van der Waals surface area contributed by atoms with Crippen molar-refractivity contribution in [1.82, 2.24) is 20.4 Å². The SMILES string of the molecule is CC(C)(C)OC(=O)NCC(=O)N1CCC(NC(=O)c2ccc3c(c2)C(=O)N(C(C)(C)C)C3=O)CC1. The molecule has 0 unspecified atom stereocenters. The molecule has 0 saturated carbocycles. The van der Waals surface area contributed by atoms with Gasteiger partial charge in [0.05, 0.1) is 11.1 Å². The van der Waals surface area contributed by atoms with Gasteiger partial charge in [0.25, 0.3) is 17.7 Å². The minimum atomic E-state index is -0.663. The topological polar surface area (TPSA) is 125 Å². The Kier molecular flexibility index (Phi) is 7.23. The Labute approximate surface area is 205 Å². The maximum atomic E-state index is 12.8. The van der Waals surface area contributed by atoms with Crippen molar-refractivity contribution in [2.45, 2.75) is 71.6 Å². The van der Waals surface area contributed by atoms with E-state index in [1.54, 1.807) is 52.5 Å². The van der Waals surface area contributed by atoms with Crippen molar-refractivity contribution >= 4 is 29.7 Å². The summed E-state index contributed by atoms with van der Waals surface area (Å²) in [6, 6.07) is 4.40. The quantitative estimate of drug-likeness (QED) is 0.630. The third-order valence-electron chi connectivity index (χ3n) is 5.79. The third-order valence-corrected chi connectivity index (χ3v) is 5.79. The Hall–Kier alpha value is -3.43. The van der Waals surface area contributed by atoms with Crippen LogP contribution in [0.2, 0.25) is 0 Å². The number of rotatable bonds is 4. The van der Waals surface area contributed by atoms with E-state index in [0.717, 1.165) is 0 Å². The summed E-state index contributed by atoms with van der Waals surface area (Å²) in [5.74, 6) is -1.31. The van der Waals surface area contributed by atoms with Gasteiger partial charge in [-0.1, -0.05) is 0 Å². The third kappa shape index (κ3) is 6.17. The zero-order chi connectivity index (χ0) is 26.1. The van der Waals surface area contributed by atoms with Gasteiger partial charge in [-0.3, -0.25) is 24.1 Å². The summed E-state index contributed by atoms with van der Waals surface area (Å²) in [6.45, 7) is 11.3. The summed E-state index contributed by atoms with van der Waals surface area (Å²) < 4.78 is 5.13. The molecule has 2 aliphatic heterocycles. The largest absolute Gasteiger partial charge is 0.444 e. The predicted molar refractivity (Wildman–Crippen MR) is 128 cm³/mol. The van der Waals surface area contributed by atoms with Gasteiger partial charge in [-0.15, -0.1) is 0 Å². The first-order chi connectivity index (χ1) is 16.2. The molecule has 0 atom stereocenters. The Morgan fingerprint density at radius 3 is 2.14 bits per heavy atom. The Morgan fingerprint density at radius 2 is 1.57 bits per heavy atom. The van der Waals surface area contributed by atoms with Crippen LogP contribution in [-0.2, 0) is 9.53 Å². The summed E-state index contributed by atoms with van der Waals surface area (Å²) in [6.07, 6.45) is 0.474. The second-order valence-corrected chi connectivity index (χ2v) is 10.9. The second-order valence-electron chi connectivity index (χ2n) is 10.9. The average Bonchev–Trinajstić information content (AvgIpc) is 3.01.